The highest BCUT2D eigenvalue weighted by atomic mass is 32.2. The molecule has 1 aliphatic rings. The SMILES string of the molecule is C=CCSc1nc(=O)c2c(n1C)NC(=O)C[C@H]2c1ccc(OC)c(O)c1. The number of amides is 1. The van der Waals surface area contributed by atoms with Gasteiger partial charge < -0.3 is 19.7 Å². The molecule has 0 fully saturated rings. The van der Waals surface area contributed by atoms with Gasteiger partial charge >= 0.3 is 0 Å². The number of aromatic nitrogens is 2. The molecule has 1 amide bonds. The normalized spacial score (nSPS) is 15.9. The second-order valence-electron chi connectivity index (χ2n) is 5.86. The van der Waals surface area contributed by atoms with Gasteiger partial charge in [0, 0.05) is 25.1 Å². The van der Waals surface area contributed by atoms with E-state index in [1.807, 2.05) is 0 Å². The van der Waals surface area contributed by atoms with Gasteiger partial charge in [0.2, 0.25) is 5.91 Å². The molecule has 2 N–H and O–H groups in total. The maximum Gasteiger partial charge on any atom is 0.279 e. The molecule has 0 saturated heterocycles. The van der Waals surface area contributed by atoms with Crippen LogP contribution in [0.15, 0.2) is 40.8 Å². The quantitative estimate of drug-likeness (QED) is 0.474. The van der Waals surface area contributed by atoms with Gasteiger partial charge in [-0.2, -0.15) is 4.98 Å². The van der Waals surface area contributed by atoms with Crippen LogP contribution in [0.1, 0.15) is 23.5 Å². The Bertz CT molecular complexity index is 939. The smallest absolute Gasteiger partial charge is 0.279 e. The Labute approximate surface area is 154 Å². The topological polar surface area (TPSA) is 93.5 Å². The average molecular weight is 373 g/mol. The first kappa shape index (κ1) is 18.1. The van der Waals surface area contributed by atoms with Crippen molar-refractivity contribution in [2.45, 2.75) is 17.5 Å². The molecule has 0 unspecified atom stereocenters. The number of rotatable bonds is 5. The lowest BCUT2D eigenvalue weighted by atomic mass is 9.86. The van der Waals surface area contributed by atoms with Gasteiger partial charge in [-0.3, -0.25) is 9.59 Å². The van der Waals surface area contributed by atoms with Crippen LogP contribution < -0.4 is 15.6 Å². The number of benzene rings is 1. The molecule has 1 atom stereocenters. The number of nitrogens with one attached hydrogen (secondary N) is 1. The van der Waals surface area contributed by atoms with Crippen LogP contribution in [0.25, 0.3) is 0 Å². The zero-order valence-electron chi connectivity index (χ0n) is 14.5. The molecule has 2 aromatic rings. The van der Waals surface area contributed by atoms with Gasteiger partial charge in [-0.05, 0) is 17.7 Å². The molecule has 0 radical (unpaired) electrons. The minimum atomic E-state index is -0.486. The van der Waals surface area contributed by atoms with Gasteiger partial charge in [-0.15, -0.1) is 6.58 Å². The molecule has 1 aliphatic heterocycles. The van der Waals surface area contributed by atoms with E-state index in [2.05, 4.69) is 16.9 Å². The van der Waals surface area contributed by atoms with Crippen molar-refractivity contribution in [3.63, 3.8) is 0 Å². The number of fused-ring (bicyclic) bond motifs is 1. The number of carbonyl (C=O) groups is 1. The van der Waals surface area contributed by atoms with E-state index < -0.39 is 5.92 Å². The second kappa shape index (κ2) is 7.25. The van der Waals surface area contributed by atoms with Crippen LogP contribution in [0.5, 0.6) is 11.5 Å². The fourth-order valence-electron chi connectivity index (χ4n) is 3.01. The van der Waals surface area contributed by atoms with Crippen LogP contribution in [-0.2, 0) is 11.8 Å². The van der Waals surface area contributed by atoms with Crippen LogP contribution in [-0.4, -0.2) is 33.4 Å². The van der Waals surface area contributed by atoms with Crippen LogP contribution in [0, 0.1) is 0 Å². The Kier molecular flexibility index (Phi) is 5.03. The maximum absolute atomic E-state index is 12.7. The average Bonchev–Trinajstić information content (AvgIpc) is 2.62. The largest absolute Gasteiger partial charge is 0.504 e. The molecule has 1 aromatic carbocycles. The van der Waals surface area contributed by atoms with E-state index >= 15 is 0 Å². The third kappa shape index (κ3) is 3.20. The van der Waals surface area contributed by atoms with Crippen molar-refractivity contribution in [3.8, 4) is 11.5 Å². The molecule has 3 rings (SSSR count). The Morgan fingerprint density at radius 1 is 1.50 bits per heavy atom. The van der Waals surface area contributed by atoms with E-state index in [0.717, 1.165) is 0 Å². The fourth-order valence-corrected chi connectivity index (χ4v) is 3.71. The van der Waals surface area contributed by atoms with Gasteiger partial charge in [-0.1, -0.05) is 23.9 Å². The van der Waals surface area contributed by atoms with Gasteiger partial charge in [-0.25, -0.2) is 0 Å². The lowest BCUT2D eigenvalue weighted by Gasteiger charge is -2.27. The standard InChI is InChI=1S/C18H19N3O4S/c1-4-7-26-18-20-17(24)15-11(9-14(23)19-16(15)21(18)2)10-5-6-13(25-3)12(22)8-10/h4-6,8,11,22H,1,7,9H2,2-3H3,(H,19,23)/t11-/m0/s1. The molecule has 8 heteroatoms. The molecule has 26 heavy (non-hydrogen) atoms. The molecule has 136 valence electrons. The van der Waals surface area contributed by atoms with E-state index in [0.29, 0.717) is 33.6 Å². The fraction of sp³-hybridized carbons (Fsp3) is 0.278. The number of thioether (sulfide) groups is 1. The van der Waals surface area contributed by atoms with E-state index in [9.17, 15) is 14.7 Å². The number of nitrogens with zero attached hydrogens (tertiary/aromatic N) is 2. The summed E-state index contributed by atoms with van der Waals surface area (Å²) < 4.78 is 6.76. The number of methoxy groups -OCH3 is 1. The van der Waals surface area contributed by atoms with Crippen LogP contribution in [0.2, 0.25) is 0 Å². The summed E-state index contributed by atoms with van der Waals surface area (Å²) in [5.74, 6) is 0.645. The summed E-state index contributed by atoms with van der Waals surface area (Å²) in [6, 6.07) is 4.88. The lowest BCUT2D eigenvalue weighted by Crippen LogP contribution is -2.33. The predicted molar refractivity (Wildman–Crippen MR) is 100 cm³/mol. The van der Waals surface area contributed by atoms with Crippen LogP contribution >= 0.6 is 11.8 Å². The second-order valence-corrected chi connectivity index (χ2v) is 6.84. The van der Waals surface area contributed by atoms with Crippen molar-refractivity contribution in [3.05, 3.63) is 52.3 Å². The summed E-state index contributed by atoms with van der Waals surface area (Å²) in [5, 5.41) is 13.4. The van der Waals surface area contributed by atoms with Crippen molar-refractivity contribution >= 4 is 23.5 Å². The molecule has 1 aromatic heterocycles. The highest BCUT2D eigenvalue weighted by Gasteiger charge is 2.32. The summed E-state index contributed by atoms with van der Waals surface area (Å²) in [6.07, 6.45) is 1.83. The first-order valence-corrected chi connectivity index (χ1v) is 8.96. The predicted octanol–water partition coefficient (Wildman–Crippen LogP) is 2.25. The van der Waals surface area contributed by atoms with Crippen molar-refractivity contribution in [1.29, 1.82) is 0 Å². The third-order valence-electron chi connectivity index (χ3n) is 4.24. The van der Waals surface area contributed by atoms with Crippen LogP contribution in [0.4, 0.5) is 5.82 Å². The summed E-state index contributed by atoms with van der Waals surface area (Å²) in [6.45, 7) is 3.66. The van der Waals surface area contributed by atoms with Crippen LogP contribution in [0.3, 0.4) is 0 Å². The summed E-state index contributed by atoms with van der Waals surface area (Å²) in [4.78, 5) is 29.1. The molecule has 0 aliphatic carbocycles. The summed E-state index contributed by atoms with van der Waals surface area (Å²) >= 11 is 1.37. The van der Waals surface area contributed by atoms with Gasteiger partial charge in [0.05, 0.1) is 12.7 Å². The van der Waals surface area contributed by atoms with E-state index in [-0.39, 0.29) is 23.6 Å². The minimum Gasteiger partial charge on any atom is -0.504 e. The third-order valence-corrected chi connectivity index (χ3v) is 5.26. The molecule has 0 bridgehead atoms. The van der Waals surface area contributed by atoms with Crippen molar-refractivity contribution in [2.75, 3.05) is 18.2 Å². The number of phenolic OH excluding ortho intramolecular Hbond substituents is 1. The number of phenols is 1. The van der Waals surface area contributed by atoms with Gasteiger partial charge in [0.25, 0.3) is 5.56 Å². The first-order chi connectivity index (χ1) is 12.5. The van der Waals surface area contributed by atoms with Crippen molar-refractivity contribution < 1.29 is 14.6 Å². The lowest BCUT2D eigenvalue weighted by molar-refractivity contribution is -0.116. The molecule has 7 nitrogen and oxygen atoms in total. The number of ether oxygens (including phenoxy) is 1. The van der Waals surface area contributed by atoms with Crippen molar-refractivity contribution in [2.24, 2.45) is 7.05 Å². The van der Waals surface area contributed by atoms with Gasteiger partial charge in [0.15, 0.2) is 16.7 Å². The number of anilines is 1. The number of hydrogen-bond acceptors (Lipinski definition) is 6. The van der Waals surface area contributed by atoms with Gasteiger partial charge in [0.1, 0.15) is 5.82 Å². The Morgan fingerprint density at radius 2 is 2.27 bits per heavy atom. The highest BCUT2D eigenvalue weighted by molar-refractivity contribution is 7.99. The zero-order chi connectivity index (χ0) is 18.8. The number of carbonyl (C=O) groups excluding carboxylic acids is 1. The molecule has 0 saturated carbocycles. The molecule has 0 spiro atoms. The first-order valence-electron chi connectivity index (χ1n) is 7.97. The summed E-state index contributed by atoms with van der Waals surface area (Å²) in [5.41, 5.74) is 0.689. The Hall–Kier alpha value is -2.74. The minimum absolute atomic E-state index is 0.0412. The number of aromatic hydroxyl groups is 1. The maximum atomic E-state index is 12.7. The van der Waals surface area contributed by atoms with Crippen molar-refractivity contribution in [1.82, 2.24) is 9.55 Å². The Balaban J connectivity index is 2.13. The zero-order valence-corrected chi connectivity index (χ0v) is 15.3. The summed E-state index contributed by atoms with van der Waals surface area (Å²) in [7, 11) is 3.21. The van der Waals surface area contributed by atoms with E-state index in [1.54, 1.807) is 29.8 Å². The van der Waals surface area contributed by atoms with E-state index in [4.69, 9.17) is 4.74 Å². The number of hydrogen-bond donors (Lipinski definition) is 2. The monoisotopic (exact) mass is 373 g/mol. The molecular weight excluding hydrogens is 354 g/mol. The molecule has 2 heterocycles. The Morgan fingerprint density at radius 3 is 2.92 bits per heavy atom. The molecular formula is C18H19N3O4S. The van der Waals surface area contributed by atoms with E-state index in [1.165, 1.54) is 24.9 Å². The highest BCUT2D eigenvalue weighted by Crippen LogP contribution is 2.38.